The van der Waals surface area contributed by atoms with E-state index in [0.717, 1.165) is 31.2 Å². The average Bonchev–Trinajstić information content (AvgIpc) is 2.76. The van der Waals surface area contributed by atoms with Gasteiger partial charge in [0.1, 0.15) is 11.5 Å². The van der Waals surface area contributed by atoms with E-state index in [0.29, 0.717) is 6.10 Å². The molecule has 3 heteroatoms. The molecule has 1 aliphatic carbocycles. The van der Waals surface area contributed by atoms with Crippen LogP contribution in [0.4, 0.5) is 0 Å². The fraction of sp³-hybridized carbons (Fsp3) is 0.714. The standard InChI is InChI=1S/C14H23NO2/c1-12-7-8-14(17-12)11-15-9-10-16-13-5-3-2-4-6-13/h7-8,13,15H,2-6,9-11H2,1H3. The van der Waals surface area contributed by atoms with E-state index in [1.807, 2.05) is 19.1 Å². The van der Waals surface area contributed by atoms with Crippen LogP contribution in [-0.4, -0.2) is 19.3 Å². The summed E-state index contributed by atoms with van der Waals surface area (Å²) in [6.45, 7) is 4.47. The molecule has 1 aliphatic rings. The summed E-state index contributed by atoms with van der Waals surface area (Å²) < 4.78 is 11.3. The minimum absolute atomic E-state index is 0.511. The second-order valence-corrected chi connectivity index (χ2v) is 4.82. The molecule has 1 heterocycles. The summed E-state index contributed by atoms with van der Waals surface area (Å²) in [5, 5.41) is 3.34. The van der Waals surface area contributed by atoms with Crippen LogP contribution in [0.25, 0.3) is 0 Å². The first kappa shape index (κ1) is 12.7. The van der Waals surface area contributed by atoms with Crippen LogP contribution in [0.2, 0.25) is 0 Å². The van der Waals surface area contributed by atoms with Crippen molar-refractivity contribution in [2.45, 2.75) is 51.7 Å². The van der Waals surface area contributed by atoms with Crippen LogP contribution in [-0.2, 0) is 11.3 Å². The van der Waals surface area contributed by atoms with Crippen LogP contribution in [0.15, 0.2) is 16.5 Å². The summed E-state index contributed by atoms with van der Waals surface area (Å²) in [6.07, 6.45) is 7.06. The monoisotopic (exact) mass is 237 g/mol. The highest BCUT2D eigenvalue weighted by Crippen LogP contribution is 2.19. The van der Waals surface area contributed by atoms with E-state index in [1.165, 1.54) is 32.1 Å². The molecule has 0 saturated heterocycles. The molecule has 0 unspecified atom stereocenters. The van der Waals surface area contributed by atoms with Gasteiger partial charge < -0.3 is 14.5 Å². The molecule has 0 radical (unpaired) electrons. The molecule has 0 amide bonds. The Morgan fingerprint density at radius 2 is 2.12 bits per heavy atom. The Morgan fingerprint density at radius 1 is 1.29 bits per heavy atom. The molecule has 96 valence electrons. The van der Waals surface area contributed by atoms with Gasteiger partial charge in [-0.3, -0.25) is 0 Å². The average molecular weight is 237 g/mol. The number of hydrogen-bond acceptors (Lipinski definition) is 3. The van der Waals surface area contributed by atoms with Gasteiger partial charge in [-0.25, -0.2) is 0 Å². The number of nitrogens with one attached hydrogen (secondary N) is 1. The van der Waals surface area contributed by atoms with E-state index in [-0.39, 0.29) is 0 Å². The van der Waals surface area contributed by atoms with Gasteiger partial charge in [-0.05, 0) is 31.9 Å². The van der Waals surface area contributed by atoms with Gasteiger partial charge in [0.2, 0.25) is 0 Å². The van der Waals surface area contributed by atoms with Gasteiger partial charge in [-0.1, -0.05) is 19.3 Å². The molecule has 0 bridgehead atoms. The van der Waals surface area contributed by atoms with Gasteiger partial charge in [-0.2, -0.15) is 0 Å². The van der Waals surface area contributed by atoms with E-state index < -0.39 is 0 Å². The minimum Gasteiger partial charge on any atom is -0.465 e. The molecule has 1 N–H and O–H groups in total. The molecule has 3 nitrogen and oxygen atoms in total. The number of aryl methyl sites for hydroxylation is 1. The Hall–Kier alpha value is -0.800. The first-order valence-corrected chi connectivity index (χ1v) is 6.72. The Balaban J connectivity index is 1.51. The first-order chi connectivity index (χ1) is 8.34. The number of ether oxygens (including phenoxy) is 1. The zero-order chi connectivity index (χ0) is 11.9. The summed E-state index contributed by atoms with van der Waals surface area (Å²) in [6, 6.07) is 4.01. The van der Waals surface area contributed by atoms with Crippen LogP contribution in [0.5, 0.6) is 0 Å². The van der Waals surface area contributed by atoms with Crippen LogP contribution < -0.4 is 5.32 Å². The van der Waals surface area contributed by atoms with Crippen LogP contribution >= 0.6 is 0 Å². The van der Waals surface area contributed by atoms with Crippen LogP contribution in [0.1, 0.15) is 43.6 Å². The Labute approximate surface area is 104 Å². The predicted molar refractivity (Wildman–Crippen MR) is 68.0 cm³/mol. The molecule has 1 aromatic rings. The van der Waals surface area contributed by atoms with Crippen LogP contribution in [0, 0.1) is 6.92 Å². The van der Waals surface area contributed by atoms with E-state index in [9.17, 15) is 0 Å². The van der Waals surface area contributed by atoms with Crippen LogP contribution in [0.3, 0.4) is 0 Å². The van der Waals surface area contributed by atoms with Gasteiger partial charge >= 0.3 is 0 Å². The highest BCUT2D eigenvalue weighted by atomic mass is 16.5. The van der Waals surface area contributed by atoms with E-state index >= 15 is 0 Å². The summed E-state index contributed by atoms with van der Waals surface area (Å²) >= 11 is 0. The maximum atomic E-state index is 5.83. The van der Waals surface area contributed by atoms with E-state index in [4.69, 9.17) is 9.15 Å². The second kappa shape index (κ2) is 6.82. The molecular formula is C14H23NO2. The highest BCUT2D eigenvalue weighted by Gasteiger charge is 2.12. The quantitative estimate of drug-likeness (QED) is 0.772. The zero-order valence-electron chi connectivity index (χ0n) is 10.7. The van der Waals surface area contributed by atoms with E-state index in [1.54, 1.807) is 0 Å². The topological polar surface area (TPSA) is 34.4 Å². The fourth-order valence-corrected chi connectivity index (χ4v) is 2.32. The number of hydrogen-bond donors (Lipinski definition) is 1. The predicted octanol–water partition coefficient (Wildman–Crippen LogP) is 3.03. The largest absolute Gasteiger partial charge is 0.465 e. The molecule has 0 atom stereocenters. The third-order valence-electron chi connectivity index (χ3n) is 3.28. The molecule has 0 aromatic carbocycles. The lowest BCUT2D eigenvalue weighted by molar-refractivity contribution is 0.0301. The summed E-state index contributed by atoms with van der Waals surface area (Å²) in [4.78, 5) is 0. The SMILES string of the molecule is Cc1ccc(CNCCOC2CCCCC2)o1. The summed E-state index contributed by atoms with van der Waals surface area (Å²) in [5.41, 5.74) is 0. The highest BCUT2D eigenvalue weighted by molar-refractivity contribution is 5.04. The maximum Gasteiger partial charge on any atom is 0.117 e. The molecule has 0 spiro atoms. The van der Waals surface area contributed by atoms with Crippen molar-refractivity contribution >= 4 is 0 Å². The Bertz CT molecular complexity index is 316. The molecule has 17 heavy (non-hydrogen) atoms. The maximum absolute atomic E-state index is 5.83. The van der Waals surface area contributed by atoms with Crippen molar-refractivity contribution in [3.63, 3.8) is 0 Å². The number of furan rings is 1. The number of rotatable bonds is 6. The Kier molecular flexibility index (Phi) is 5.08. The normalized spacial score (nSPS) is 17.5. The van der Waals surface area contributed by atoms with E-state index in [2.05, 4.69) is 5.32 Å². The molecule has 1 aromatic heterocycles. The van der Waals surface area contributed by atoms with Crippen molar-refractivity contribution in [3.8, 4) is 0 Å². The molecule has 1 fully saturated rings. The van der Waals surface area contributed by atoms with Crippen molar-refractivity contribution < 1.29 is 9.15 Å². The minimum atomic E-state index is 0.511. The summed E-state index contributed by atoms with van der Waals surface area (Å²) in [5.74, 6) is 1.97. The fourth-order valence-electron chi connectivity index (χ4n) is 2.32. The molecular weight excluding hydrogens is 214 g/mol. The Morgan fingerprint density at radius 3 is 2.82 bits per heavy atom. The van der Waals surface area contributed by atoms with Gasteiger partial charge in [0.05, 0.1) is 19.3 Å². The van der Waals surface area contributed by atoms with Gasteiger partial charge in [0, 0.05) is 6.54 Å². The van der Waals surface area contributed by atoms with Crippen molar-refractivity contribution in [2.75, 3.05) is 13.2 Å². The lowest BCUT2D eigenvalue weighted by Crippen LogP contribution is -2.24. The third kappa shape index (κ3) is 4.52. The smallest absolute Gasteiger partial charge is 0.117 e. The third-order valence-corrected chi connectivity index (χ3v) is 3.28. The van der Waals surface area contributed by atoms with Gasteiger partial charge in [0.15, 0.2) is 0 Å². The van der Waals surface area contributed by atoms with Gasteiger partial charge in [0.25, 0.3) is 0 Å². The van der Waals surface area contributed by atoms with Crippen molar-refractivity contribution in [1.82, 2.24) is 5.32 Å². The van der Waals surface area contributed by atoms with Crippen molar-refractivity contribution in [1.29, 1.82) is 0 Å². The van der Waals surface area contributed by atoms with Crippen molar-refractivity contribution in [3.05, 3.63) is 23.7 Å². The van der Waals surface area contributed by atoms with Crippen molar-refractivity contribution in [2.24, 2.45) is 0 Å². The molecule has 2 rings (SSSR count). The summed E-state index contributed by atoms with van der Waals surface area (Å²) in [7, 11) is 0. The zero-order valence-corrected chi connectivity index (χ0v) is 10.7. The van der Waals surface area contributed by atoms with Gasteiger partial charge in [-0.15, -0.1) is 0 Å². The molecule has 0 aliphatic heterocycles. The molecule has 1 saturated carbocycles. The lowest BCUT2D eigenvalue weighted by atomic mass is 9.98. The second-order valence-electron chi connectivity index (χ2n) is 4.82. The lowest BCUT2D eigenvalue weighted by Gasteiger charge is -2.21. The first-order valence-electron chi connectivity index (χ1n) is 6.72.